The molecule has 0 saturated heterocycles. The fourth-order valence-corrected chi connectivity index (χ4v) is 2.91. The van der Waals surface area contributed by atoms with E-state index in [1.807, 2.05) is 30.3 Å². The van der Waals surface area contributed by atoms with Crippen LogP contribution < -0.4 is 10.2 Å². The van der Waals surface area contributed by atoms with E-state index in [0.29, 0.717) is 18.1 Å². The summed E-state index contributed by atoms with van der Waals surface area (Å²) < 4.78 is 11.8. The van der Waals surface area contributed by atoms with Crippen molar-refractivity contribution in [1.29, 1.82) is 0 Å². The molecule has 0 aliphatic carbocycles. The van der Waals surface area contributed by atoms with Gasteiger partial charge in [0.1, 0.15) is 23.5 Å². The molecule has 1 aromatic heterocycles. The minimum Gasteiger partial charge on any atom is -0.507 e. The summed E-state index contributed by atoms with van der Waals surface area (Å²) in [4.78, 5) is 14.8. The first-order valence-corrected chi connectivity index (χ1v) is 8.84. The van der Waals surface area contributed by atoms with Crippen LogP contribution in [0, 0.1) is 0 Å². The Kier molecular flexibility index (Phi) is 5.58. The number of hydrogen-bond donors (Lipinski definition) is 1. The highest BCUT2D eigenvalue weighted by Crippen LogP contribution is 2.33. The molecule has 26 heavy (non-hydrogen) atoms. The van der Waals surface area contributed by atoms with Gasteiger partial charge < -0.3 is 19.2 Å². The van der Waals surface area contributed by atoms with Crippen molar-refractivity contribution >= 4 is 11.0 Å². The molecule has 136 valence electrons. The van der Waals surface area contributed by atoms with E-state index in [9.17, 15) is 9.90 Å². The first kappa shape index (κ1) is 18.0. The Hall–Kier alpha value is -2.79. The Morgan fingerprint density at radius 1 is 1.08 bits per heavy atom. The molecule has 0 bridgehead atoms. The van der Waals surface area contributed by atoms with E-state index in [1.54, 1.807) is 6.07 Å². The Labute approximate surface area is 152 Å². The molecular formula is C21H23NO4. The van der Waals surface area contributed by atoms with Gasteiger partial charge in [-0.15, -0.1) is 0 Å². The van der Waals surface area contributed by atoms with E-state index in [1.165, 1.54) is 12.1 Å². The summed E-state index contributed by atoms with van der Waals surface area (Å²) in [5, 5.41) is 10.2. The molecule has 0 aliphatic rings. The highest BCUT2D eigenvalue weighted by atomic mass is 16.5. The van der Waals surface area contributed by atoms with Crippen LogP contribution in [0.1, 0.15) is 13.8 Å². The zero-order valence-corrected chi connectivity index (χ0v) is 15.1. The van der Waals surface area contributed by atoms with Gasteiger partial charge in [0, 0.05) is 18.2 Å². The van der Waals surface area contributed by atoms with Crippen molar-refractivity contribution in [1.82, 2.24) is 4.90 Å². The van der Waals surface area contributed by atoms with E-state index in [4.69, 9.17) is 9.15 Å². The van der Waals surface area contributed by atoms with Crippen molar-refractivity contribution < 1.29 is 14.3 Å². The van der Waals surface area contributed by atoms with Crippen molar-refractivity contribution in [3.63, 3.8) is 0 Å². The quantitative estimate of drug-likeness (QED) is 0.698. The zero-order chi connectivity index (χ0) is 18.5. The minimum atomic E-state index is -0.295. The fraction of sp³-hybridized carbons (Fsp3) is 0.286. The number of nitrogens with zero attached hydrogens (tertiary/aromatic N) is 1. The summed E-state index contributed by atoms with van der Waals surface area (Å²) >= 11 is 0. The molecule has 0 saturated carbocycles. The summed E-state index contributed by atoms with van der Waals surface area (Å²) in [7, 11) is 0. The minimum absolute atomic E-state index is 0.107. The van der Waals surface area contributed by atoms with Crippen molar-refractivity contribution in [2.75, 3.05) is 26.2 Å². The number of fused-ring (bicyclic) bond motifs is 1. The summed E-state index contributed by atoms with van der Waals surface area (Å²) in [5.74, 6) is 0.798. The average molecular weight is 353 g/mol. The molecule has 0 unspecified atom stereocenters. The van der Waals surface area contributed by atoms with Crippen LogP contribution in [0.15, 0.2) is 57.7 Å². The smallest absolute Gasteiger partial charge is 0.197 e. The van der Waals surface area contributed by atoms with Crippen LogP contribution in [0.2, 0.25) is 0 Å². The number of phenolic OH excluding ortho intramolecular Hbond substituents is 1. The second kappa shape index (κ2) is 8.06. The molecule has 5 nitrogen and oxygen atoms in total. The van der Waals surface area contributed by atoms with E-state index >= 15 is 0 Å². The third kappa shape index (κ3) is 3.73. The molecule has 0 fully saturated rings. The van der Waals surface area contributed by atoms with Crippen LogP contribution in [-0.2, 0) is 0 Å². The van der Waals surface area contributed by atoms with E-state index in [2.05, 4.69) is 18.7 Å². The maximum Gasteiger partial charge on any atom is 0.197 e. The standard InChI is InChI=1S/C21H23NO4/c1-3-22(4-2)12-13-25-18-11-10-16(23)20-17(24)14-19(26-21(18)20)15-8-6-5-7-9-15/h5-11,14,23H,3-4,12-13H2,1-2H3. The number of hydrogen-bond acceptors (Lipinski definition) is 5. The molecule has 0 spiro atoms. The van der Waals surface area contributed by atoms with Gasteiger partial charge in [0.2, 0.25) is 0 Å². The van der Waals surface area contributed by atoms with Crippen LogP contribution in [0.5, 0.6) is 11.5 Å². The number of phenols is 1. The van der Waals surface area contributed by atoms with Crippen molar-refractivity contribution in [3.05, 3.63) is 58.8 Å². The number of benzene rings is 2. The van der Waals surface area contributed by atoms with Crippen LogP contribution in [-0.4, -0.2) is 36.2 Å². The number of rotatable bonds is 7. The Morgan fingerprint density at radius 2 is 1.81 bits per heavy atom. The first-order valence-electron chi connectivity index (χ1n) is 8.84. The van der Waals surface area contributed by atoms with Gasteiger partial charge in [-0.25, -0.2) is 0 Å². The summed E-state index contributed by atoms with van der Waals surface area (Å²) in [6.07, 6.45) is 0. The lowest BCUT2D eigenvalue weighted by Crippen LogP contribution is -2.27. The van der Waals surface area contributed by atoms with Crippen molar-refractivity contribution in [3.8, 4) is 22.8 Å². The molecular weight excluding hydrogens is 330 g/mol. The molecule has 0 amide bonds. The molecule has 3 aromatic rings. The van der Waals surface area contributed by atoms with Gasteiger partial charge in [0.15, 0.2) is 16.8 Å². The second-order valence-corrected chi connectivity index (χ2v) is 6.00. The lowest BCUT2D eigenvalue weighted by molar-refractivity contribution is 0.222. The lowest BCUT2D eigenvalue weighted by Gasteiger charge is -2.18. The normalized spacial score (nSPS) is 11.2. The Morgan fingerprint density at radius 3 is 2.50 bits per heavy atom. The predicted molar refractivity (Wildman–Crippen MR) is 103 cm³/mol. The van der Waals surface area contributed by atoms with Gasteiger partial charge in [0.25, 0.3) is 0 Å². The molecule has 1 N–H and O–H groups in total. The van der Waals surface area contributed by atoms with Crippen LogP contribution in [0.4, 0.5) is 0 Å². The van der Waals surface area contributed by atoms with Crippen LogP contribution in [0.3, 0.4) is 0 Å². The van der Waals surface area contributed by atoms with Crippen molar-refractivity contribution in [2.24, 2.45) is 0 Å². The number of ether oxygens (including phenoxy) is 1. The Bertz CT molecular complexity index is 930. The van der Waals surface area contributed by atoms with Gasteiger partial charge >= 0.3 is 0 Å². The summed E-state index contributed by atoms with van der Waals surface area (Å²) in [5.41, 5.74) is 0.775. The third-order valence-electron chi connectivity index (χ3n) is 4.44. The second-order valence-electron chi connectivity index (χ2n) is 6.00. The molecule has 1 heterocycles. The van der Waals surface area contributed by atoms with Crippen LogP contribution >= 0.6 is 0 Å². The molecule has 5 heteroatoms. The highest BCUT2D eigenvalue weighted by molar-refractivity contribution is 5.89. The monoisotopic (exact) mass is 353 g/mol. The maximum atomic E-state index is 12.5. The molecule has 0 aliphatic heterocycles. The van der Waals surface area contributed by atoms with E-state index in [-0.39, 0.29) is 22.1 Å². The lowest BCUT2D eigenvalue weighted by atomic mass is 10.1. The van der Waals surface area contributed by atoms with Crippen molar-refractivity contribution in [2.45, 2.75) is 13.8 Å². The average Bonchev–Trinajstić information content (AvgIpc) is 2.67. The molecule has 2 aromatic carbocycles. The molecule has 0 atom stereocenters. The van der Waals surface area contributed by atoms with E-state index in [0.717, 1.165) is 25.2 Å². The number of aromatic hydroxyl groups is 1. The summed E-state index contributed by atoms with van der Waals surface area (Å²) in [6, 6.07) is 13.9. The Balaban J connectivity index is 2.00. The van der Waals surface area contributed by atoms with Gasteiger partial charge in [-0.05, 0) is 25.2 Å². The maximum absolute atomic E-state index is 12.5. The number of likely N-dealkylation sites (N-methyl/N-ethyl adjacent to an activating group) is 1. The van der Waals surface area contributed by atoms with Gasteiger partial charge in [-0.2, -0.15) is 0 Å². The summed E-state index contributed by atoms with van der Waals surface area (Å²) in [6.45, 7) is 7.35. The SMILES string of the molecule is CCN(CC)CCOc1ccc(O)c2c(=O)cc(-c3ccccc3)oc12. The zero-order valence-electron chi connectivity index (χ0n) is 15.1. The van der Waals surface area contributed by atoms with Crippen LogP contribution in [0.25, 0.3) is 22.3 Å². The van der Waals surface area contributed by atoms with Gasteiger partial charge in [0.05, 0.1) is 0 Å². The fourth-order valence-electron chi connectivity index (χ4n) is 2.91. The van der Waals surface area contributed by atoms with E-state index < -0.39 is 0 Å². The topological polar surface area (TPSA) is 62.9 Å². The molecule has 0 radical (unpaired) electrons. The molecule has 3 rings (SSSR count). The highest BCUT2D eigenvalue weighted by Gasteiger charge is 2.15. The third-order valence-corrected chi connectivity index (χ3v) is 4.44. The largest absolute Gasteiger partial charge is 0.507 e. The first-order chi connectivity index (χ1) is 12.6. The van der Waals surface area contributed by atoms with Gasteiger partial charge in [-0.1, -0.05) is 44.2 Å². The predicted octanol–water partition coefficient (Wildman–Crippen LogP) is 3.89. The van der Waals surface area contributed by atoms with Gasteiger partial charge in [-0.3, -0.25) is 4.79 Å².